The molecule has 2 aliphatic carbocycles. The van der Waals surface area contributed by atoms with Crippen molar-refractivity contribution in [3.63, 3.8) is 0 Å². The molecule has 180 valence electrons. The maximum absolute atomic E-state index is 13.0. The summed E-state index contributed by atoms with van der Waals surface area (Å²) in [7, 11) is -1.90. The van der Waals surface area contributed by atoms with Crippen LogP contribution in [0.1, 0.15) is 67.2 Å². The van der Waals surface area contributed by atoms with E-state index in [0.29, 0.717) is 13.0 Å². The average Bonchev–Trinajstić information content (AvgIpc) is 3.08. The number of rotatable bonds is 6. The molecule has 0 radical (unpaired) electrons. The van der Waals surface area contributed by atoms with Crippen molar-refractivity contribution < 1.29 is 23.8 Å². The van der Waals surface area contributed by atoms with Crippen LogP contribution >= 0.6 is 0 Å². The van der Waals surface area contributed by atoms with Gasteiger partial charge in [0.2, 0.25) is 0 Å². The molecule has 4 rings (SSSR count). The third kappa shape index (κ3) is 3.09. The van der Waals surface area contributed by atoms with Crippen molar-refractivity contribution in [3.05, 3.63) is 23.8 Å². The molecule has 7 atom stereocenters. The molecule has 2 saturated carbocycles. The van der Waals surface area contributed by atoms with Crippen LogP contribution in [0.25, 0.3) is 0 Å². The summed E-state index contributed by atoms with van der Waals surface area (Å²) >= 11 is 0. The van der Waals surface area contributed by atoms with Gasteiger partial charge < -0.3 is 19.0 Å². The summed E-state index contributed by atoms with van der Waals surface area (Å²) in [5.74, 6) is 0.0124. The molecular formula is C26H42O5Si. The molecule has 4 aliphatic rings. The summed E-state index contributed by atoms with van der Waals surface area (Å²) in [6, 6.07) is 3.17. The minimum atomic E-state index is -1.90. The molecule has 0 aromatic carbocycles. The molecule has 0 bridgehead atoms. The van der Waals surface area contributed by atoms with Crippen LogP contribution in [0.5, 0.6) is 0 Å². The van der Waals surface area contributed by atoms with Gasteiger partial charge in [0, 0.05) is 11.3 Å². The minimum Gasteiger partial charge on any atom is -0.465 e. The van der Waals surface area contributed by atoms with Crippen molar-refractivity contribution in [3.8, 4) is 0 Å². The fourth-order valence-corrected chi connectivity index (χ4v) is 10.0. The van der Waals surface area contributed by atoms with E-state index in [1.165, 1.54) is 0 Å². The lowest BCUT2D eigenvalue weighted by atomic mass is 9.43. The Kier molecular flexibility index (Phi) is 6.10. The van der Waals surface area contributed by atoms with Gasteiger partial charge in [-0.15, -0.1) is 0 Å². The standard InChI is InChI=1S/C26H42O5Si/c1-8-32(9-2,10-3)31-21-15-19-20(30-22(21)17(4)5)12-13-24(6)25(7)18(16-29-23(25)27)11-14-26(19,24)28/h15,18,20-22,28H,4,8-14,16H2,1-3,5-7H3. The zero-order valence-electron chi connectivity index (χ0n) is 20.8. The highest BCUT2D eigenvalue weighted by atomic mass is 28.4. The topological polar surface area (TPSA) is 65.0 Å². The van der Waals surface area contributed by atoms with Crippen LogP contribution in [0.15, 0.2) is 23.8 Å². The second kappa shape index (κ2) is 8.07. The fourth-order valence-electron chi connectivity index (χ4n) is 7.25. The van der Waals surface area contributed by atoms with Gasteiger partial charge in [-0.25, -0.2) is 0 Å². The van der Waals surface area contributed by atoms with Gasteiger partial charge in [0.05, 0.1) is 29.8 Å². The summed E-state index contributed by atoms with van der Waals surface area (Å²) in [5.41, 5.74) is -0.466. The van der Waals surface area contributed by atoms with Crippen LogP contribution in [0.3, 0.4) is 0 Å². The molecule has 1 N–H and O–H groups in total. The lowest BCUT2D eigenvalue weighted by Crippen LogP contribution is -2.68. The van der Waals surface area contributed by atoms with E-state index >= 15 is 0 Å². The smallest absolute Gasteiger partial charge is 0.312 e. The van der Waals surface area contributed by atoms with E-state index in [0.717, 1.165) is 48.5 Å². The van der Waals surface area contributed by atoms with Crippen LogP contribution in [-0.4, -0.2) is 49.9 Å². The van der Waals surface area contributed by atoms with Crippen LogP contribution in [-0.2, 0) is 18.7 Å². The van der Waals surface area contributed by atoms with Crippen LogP contribution in [0, 0.1) is 16.7 Å². The summed E-state index contributed by atoms with van der Waals surface area (Å²) in [6.07, 6.45) is 4.52. The Labute approximate surface area is 194 Å². The highest BCUT2D eigenvalue weighted by Gasteiger charge is 2.72. The van der Waals surface area contributed by atoms with Gasteiger partial charge in [0.15, 0.2) is 8.32 Å². The average molecular weight is 463 g/mol. The Morgan fingerprint density at radius 1 is 1.22 bits per heavy atom. The first-order chi connectivity index (χ1) is 15.0. The number of carbonyl (C=O) groups is 1. The summed E-state index contributed by atoms with van der Waals surface area (Å²) in [6.45, 7) is 17.5. The van der Waals surface area contributed by atoms with Crippen molar-refractivity contribution in [2.75, 3.05) is 6.61 Å². The SMILES string of the molecule is C=C(C)C1OC2CCC3(C)C(O)(CCC4COC(=O)C43C)C2=CC1O[Si](CC)(CC)CC. The van der Waals surface area contributed by atoms with E-state index in [9.17, 15) is 9.90 Å². The third-order valence-corrected chi connectivity index (χ3v) is 14.7. The number of hydrogen-bond acceptors (Lipinski definition) is 5. The summed E-state index contributed by atoms with van der Waals surface area (Å²) < 4.78 is 19.1. The molecule has 0 aromatic rings. The lowest BCUT2D eigenvalue weighted by molar-refractivity contribution is -0.207. The van der Waals surface area contributed by atoms with Crippen LogP contribution in [0.2, 0.25) is 18.1 Å². The number of cyclic esters (lactones) is 1. The fraction of sp³-hybridized carbons (Fsp3) is 0.808. The van der Waals surface area contributed by atoms with Gasteiger partial charge in [0.25, 0.3) is 0 Å². The van der Waals surface area contributed by atoms with Gasteiger partial charge in [-0.1, -0.05) is 34.3 Å². The molecule has 2 heterocycles. The first-order valence-electron chi connectivity index (χ1n) is 12.6. The molecule has 6 heteroatoms. The molecule has 1 saturated heterocycles. The predicted molar refractivity (Wildman–Crippen MR) is 128 cm³/mol. The number of carbonyl (C=O) groups excluding carboxylic acids is 1. The van der Waals surface area contributed by atoms with Gasteiger partial charge in [-0.2, -0.15) is 0 Å². The van der Waals surface area contributed by atoms with Crippen LogP contribution in [0.4, 0.5) is 0 Å². The molecule has 32 heavy (non-hydrogen) atoms. The quantitative estimate of drug-likeness (QED) is 0.336. The normalized spacial score (nSPS) is 43.6. The zero-order valence-corrected chi connectivity index (χ0v) is 21.8. The minimum absolute atomic E-state index is 0.152. The molecule has 0 spiro atoms. The number of aliphatic hydroxyl groups is 1. The number of hydrogen-bond donors (Lipinski definition) is 1. The van der Waals surface area contributed by atoms with Crippen LogP contribution < -0.4 is 0 Å². The highest BCUT2D eigenvalue weighted by Crippen LogP contribution is 2.67. The predicted octanol–water partition coefficient (Wildman–Crippen LogP) is 5.15. The third-order valence-electron chi connectivity index (χ3n) is 10.1. The maximum Gasteiger partial charge on any atom is 0.312 e. The summed E-state index contributed by atoms with van der Waals surface area (Å²) in [5, 5.41) is 12.4. The largest absolute Gasteiger partial charge is 0.465 e. The molecule has 7 unspecified atom stereocenters. The van der Waals surface area contributed by atoms with E-state index in [1.807, 2.05) is 13.8 Å². The molecule has 0 aromatic heterocycles. The summed E-state index contributed by atoms with van der Waals surface area (Å²) in [4.78, 5) is 13.0. The molecule has 2 aliphatic heterocycles. The van der Waals surface area contributed by atoms with Crippen molar-refractivity contribution >= 4 is 14.3 Å². The van der Waals surface area contributed by atoms with Crippen molar-refractivity contribution in [2.24, 2.45) is 16.7 Å². The molecule has 0 amide bonds. The Balaban J connectivity index is 1.78. The van der Waals surface area contributed by atoms with E-state index in [4.69, 9.17) is 13.9 Å². The van der Waals surface area contributed by atoms with E-state index in [1.54, 1.807) is 0 Å². The monoisotopic (exact) mass is 462 g/mol. The molecule has 3 fully saturated rings. The Morgan fingerprint density at radius 2 is 1.88 bits per heavy atom. The first kappa shape index (κ1) is 24.2. The maximum atomic E-state index is 13.0. The van der Waals surface area contributed by atoms with Crippen molar-refractivity contribution in [1.29, 1.82) is 0 Å². The highest BCUT2D eigenvalue weighted by molar-refractivity contribution is 6.73. The van der Waals surface area contributed by atoms with Gasteiger partial charge >= 0.3 is 5.97 Å². The van der Waals surface area contributed by atoms with Gasteiger partial charge in [-0.05, 0) is 74.9 Å². The second-order valence-electron chi connectivity index (χ2n) is 11.1. The lowest BCUT2D eigenvalue weighted by Gasteiger charge is -2.63. The zero-order chi connectivity index (χ0) is 23.5. The number of fused-ring (bicyclic) bond motifs is 5. The Hall–Kier alpha value is -0.953. The Bertz CT molecular complexity index is 811. The molecular weight excluding hydrogens is 420 g/mol. The van der Waals surface area contributed by atoms with E-state index < -0.39 is 24.7 Å². The number of ether oxygens (including phenoxy) is 2. The van der Waals surface area contributed by atoms with Gasteiger partial charge in [-0.3, -0.25) is 4.79 Å². The number of esters is 1. The van der Waals surface area contributed by atoms with Crippen molar-refractivity contribution in [2.45, 2.75) is 109 Å². The molecule has 5 nitrogen and oxygen atoms in total. The van der Waals surface area contributed by atoms with E-state index in [2.05, 4.69) is 40.3 Å². The second-order valence-corrected chi connectivity index (χ2v) is 15.8. The first-order valence-corrected chi connectivity index (χ1v) is 15.2. The van der Waals surface area contributed by atoms with Crippen molar-refractivity contribution in [1.82, 2.24) is 0 Å². The van der Waals surface area contributed by atoms with Gasteiger partial charge in [0.1, 0.15) is 6.10 Å². The van der Waals surface area contributed by atoms with E-state index in [-0.39, 0.29) is 30.2 Å². The Morgan fingerprint density at radius 3 is 2.47 bits per heavy atom.